The number of aliphatic carboxylic acids is 1. The van der Waals surface area contributed by atoms with Crippen molar-refractivity contribution < 1.29 is 38.6 Å². The summed E-state index contributed by atoms with van der Waals surface area (Å²) in [6, 6.07) is 5.90. The van der Waals surface area contributed by atoms with Crippen molar-refractivity contribution in [1.82, 2.24) is 25.3 Å². The highest BCUT2D eigenvalue weighted by molar-refractivity contribution is 5.96. The fourth-order valence-electron chi connectivity index (χ4n) is 8.26. The van der Waals surface area contributed by atoms with Crippen molar-refractivity contribution in [2.24, 2.45) is 5.92 Å². The Balaban J connectivity index is 1.24. The molecule has 0 radical (unpaired) electrons. The zero-order valence-corrected chi connectivity index (χ0v) is 30.8. The lowest BCUT2D eigenvalue weighted by Gasteiger charge is -2.40. The predicted molar refractivity (Wildman–Crippen MR) is 192 cm³/mol. The number of ether oxygens (including phenoxy) is 2. The van der Waals surface area contributed by atoms with Gasteiger partial charge in [0.2, 0.25) is 11.8 Å². The van der Waals surface area contributed by atoms with Gasteiger partial charge in [-0.2, -0.15) is 0 Å². The zero-order valence-electron chi connectivity index (χ0n) is 30.8. The van der Waals surface area contributed by atoms with E-state index in [-0.39, 0.29) is 31.3 Å². The second-order valence-corrected chi connectivity index (χ2v) is 16.1. The Kier molecular flexibility index (Phi) is 11.5. The van der Waals surface area contributed by atoms with Crippen molar-refractivity contribution in [2.45, 2.75) is 127 Å². The van der Waals surface area contributed by atoms with Gasteiger partial charge in [0.05, 0.1) is 12.6 Å². The highest BCUT2D eigenvalue weighted by atomic mass is 16.6. The fraction of sp³-hybridized carbons (Fsp3) is 0.667. The number of hydrogen-bond donors (Lipinski definition) is 3. The van der Waals surface area contributed by atoms with Crippen LogP contribution in [0.1, 0.15) is 102 Å². The number of carboxylic acid groups (broad SMARTS) is 1. The summed E-state index contributed by atoms with van der Waals surface area (Å²) < 4.78 is 11.7. The van der Waals surface area contributed by atoms with Crippen molar-refractivity contribution in [2.75, 3.05) is 32.7 Å². The summed E-state index contributed by atoms with van der Waals surface area (Å²) in [4.78, 5) is 73.4. The molecule has 0 aromatic heterocycles. The zero-order chi connectivity index (χ0) is 37.0. The molecule has 0 bridgehead atoms. The summed E-state index contributed by atoms with van der Waals surface area (Å²) in [5, 5.41) is 15.7. The molecule has 1 saturated carbocycles. The molecule has 1 aromatic rings. The van der Waals surface area contributed by atoms with Gasteiger partial charge in [0, 0.05) is 25.4 Å². The van der Waals surface area contributed by atoms with E-state index >= 15 is 0 Å². The molecule has 4 heterocycles. The summed E-state index contributed by atoms with van der Waals surface area (Å²) in [5.41, 5.74) is 0.0649. The molecule has 284 valence electrons. The number of nitrogens with zero attached hydrogens (tertiary/aromatic N) is 3. The van der Waals surface area contributed by atoms with Crippen LogP contribution in [0.5, 0.6) is 0 Å². The molecule has 1 aliphatic carbocycles. The summed E-state index contributed by atoms with van der Waals surface area (Å²) in [5.74, 6) is -2.61. The summed E-state index contributed by atoms with van der Waals surface area (Å²) in [6.07, 6.45) is 9.45. The van der Waals surface area contributed by atoms with Crippen molar-refractivity contribution >= 4 is 30.0 Å². The second kappa shape index (κ2) is 15.9. The molecule has 1 aromatic carbocycles. The van der Waals surface area contributed by atoms with E-state index in [0.29, 0.717) is 32.4 Å². The summed E-state index contributed by atoms with van der Waals surface area (Å²) >= 11 is 0. The van der Waals surface area contributed by atoms with Crippen LogP contribution in [0.4, 0.5) is 9.59 Å². The molecule has 5 aliphatic rings. The van der Waals surface area contributed by atoms with Crippen molar-refractivity contribution in [3.05, 3.63) is 47.5 Å². The van der Waals surface area contributed by atoms with Crippen LogP contribution in [0.15, 0.2) is 36.4 Å². The Bertz CT molecular complexity index is 1540. The molecular formula is C39H55N5O8. The smallest absolute Gasteiger partial charge is 0.410 e. The summed E-state index contributed by atoms with van der Waals surface area (Å²) in [7, 11) is 0. The minimum Gasteiger partial charge on any atom is -0.479 e. The fourth-order valence-corrected chi connectivity index (χ4v) is 8.26. The molecule has 3 N–H and O–H groups in total. The highest BCUT2D eigenvalue weighted by Gasteiger charge is 2.61. The van der Waals surface area contributed by atoms with Crippen LogP contribution in [-0.2, 0) is 30.3 Å². The number of fused-ring (bicyclic) bond motifs is 3. The van der Waals surface area contributed by atoms with Crippen LogP contribution < -0.4 is 10.6 Å². The Labute approximate surface area is 306 Å². The third kappa shape index (κ3) is 8.73. The maximum absolute atomic E-state index is 14.4. The number of benzene rings is 1. The number of alkyl carbamates (subject to hydrolysis) is 1. The van der Waals surface area contributed by atoms with Gasteiger partial charge < -0.3 is 35.0 Å². The van der Waals surface area contributed by atoms with E-state index in [2.05, 4.69) is 27.7 Å². The van der Waals surface area contributed by atoms with Crippen molar-refractivity contribution in [3.63, 3.8) is 0 Å². The van der Waals surface area contributed by atoms with Gasteiger partial charge in [-0.25, -0.2) is 14.4 Å². The van der Waals surface area contributed by atoms with Crippen molar-refractivity contribution in [3.8, 4) is 0 Å². The lowest BCUT2D eigenvalue weighted by atomic mass is 9.92. The van der Waals surface area contributed by atoms with Gasteiger partial charge >= 0.3 is 18.2 Å². The molecule has 6 rings (SSSR count). The predicted octanol–water partition coefficient (Wildman–Crippen LogP) is 4.55. The Morgan fingerprint density at radius 2 is 1.77 bits per heavy atom. The first-order valence-electron chi connectivity index (χ1n) is 19.1. The molecule has 13 nitrogen and oxygen atoms in total. The molecule has 52 heavy (non-hydrogen) atoms. The number of allylic oxidation sites excluding steroid dienone is 1. The summed E-state index contributed by atoms with van der Waals surface area (Å²) in [6.45, 7) is 8.26. The van der Waals surface area contributed by atoms with Gasteiger partial charge in [0.15, 0.2) is 0 Å². The molecule has 6 atom stereocenters. The van der Waals surface area contributed by atoms with E-state index < -0.39 is 59.3 Å². The first kappa shape index (κ1) is 37.6. The first-order valence-corrected chi connectivity index (χ1v) is 19.1. The number of carboxylic acids is 1. The number of amides is 4. The molecular weight excluding hydrogens is 666 g/mol. The quantitative estimate of drug-likeness (QED) is 0.371. The van der Waals surface area contributed by atoms with Crippen molar-refractivity contribution in [1.29, 1.82) is 0 Å². The average Bonchev–Trinajstić information content (AvgIpc) is 3.64. The molecule has 13 heteroatoms. The average molecular weight is 722 g/mol. The number of piperidine rings is 1. The topological polar surface area (TPSA) is 158 Å². The highest BCUT2D eigenvalue weighted by Crippen LogP contribution is 2.45. The molecule has 3 fully saturated rings. The van der Waals surface area contributed by atoms with E-state index in [1.165, 1.54) is 16.9 Å². The second-order valence-electron chi connectivity index (χ2n) is 16.1. The largest absolute Gasteiger partial charge is 0.479 e. The number of carbonyl (C=O) groups excluding carboxylic acids is 4. The molecule has 4 amide bonds. The first-order chi connectivity index (χ1) is 24.8. The monoisotopic (exact) mass is 721 g/mol. The lowest BCUT2D eigenvalue weighted by Crippen LogP contribution is -2.56. The number of nitrogens with one attached hydrogen (secondary N) is 2. The number of carbonyl (C=O) groups is 5. The van der Waals surface area contributed by atoms with Gasteiger partial charge in [-0.15, -0.1) is 0 Å². The minimum absolute atomic E-state index is 0.000105. The molecule has 4 aliphatic heterocycles. The normalized spacial score (nSPS) is 30.1. The minimum atomic E-state index is -1.46. The third-order valence-electron chi connectivity index (χ3n) is 11.1. The van der Waals surface area contributed by atoms with E-state index in [4.69, 9.17) is 9.47 Å². The van der Waals surface area contributed by atoms with Crippen LogP contribution >= 0.6 is 0 Å². The van der Waals surface area contributed by atoms with Gasteiger partial charge in [0.25, 0.3) is 0 Å². The molecule has 2 saturated heterocycles. The third-order valence-corrected chi connectivity index (χ3v) is 11.1. The van der Waals surface area contributed by atoms with E-state index in [9.17, 15) is 29.1 Å². The van der Waals surface area contributed by atoms with Crippen LogP contribution in [0, 0.1) is 5.92 Å². The Morgan fingerprint density at radius 3 is 2.52 bits per heavy atom. The maximum Gasteiger partial charge on any atom is 0.410 e. The van der Waals surface area contributed by atoms with E-state index in [1.807, 2.05) is 24.3 Å². The van der Waals surface area contributed by atoms with Gasteiger partial charge in [-0.05, 0) is 89.9 Å². The Hall–Kier alpha value is -4.13. The van der Waals surface area contributed by atoms with E-state index in [0.717, 1.165) is 50.8 Å². The van der Waals surface area contributed by atoms with Crippen LogP contribution in [-0.4, -0.2) is 112 Å². The van der Waals surface area contributed by atoms with Crippen LogP contribution in [0.25, 0.3) is 0 Å². The Morgan fingerprint density at radius 1 is 1.02 bits per heavy atom. The molecule has 0 spiro atoms. The lowest BCUT2D eigenvalue weighted by molar-refractivity contribution is -0.145. The number of rotatable bonds is 5. The molecule has 1 unspecified atom stereocenters. The van der Waals surface area contributed by atoms with Gasteiger partial charge in [-0.1, -0.05) is 55.7 Å². The van der Waals surface area contributed by atoms with Gasteiger partial charge in [-0.3, -0.25) is 14.5 Å². The van der Waals surface area contributed by atoms with Crippen LogP contribution in [0.3, 0.4) is 0 Å². The SMILES string of the molecule is CC(C)(C)OC(=O)N[C@H]1CCCCCC=C[C@@H]2C[C@@]2(C(=O)O)NC(=O)[C@@H]2C[C@@H](OC(=O)N3CCc4ccccc4C3CN3CCCCC3)CN2C1=O. The number of hydrogen-bond acceptors (Lipinski definition) is 8. The van der Waals surface area contributed by atoms with Gasteiger partial charge in [0.1, 0.15) is 29.3 Å². The standard InChI is InChI=1S/C39H55N5O8/c1-38(2,3)52-36(49)40-30-17-9-6-4-5-8-15-27-23-39(27,35(47)48)41-33(45)31-22-28(24-44(31)34(30)46)51-37(50)43-21-18-26-14-10-11-16-29(26)32(43)25-42-19-12-7-13-20-42/h8,10-11,14-16,27-28,30-32H,4-7,9,12-13,17-25H2,1-3H3,(H,40,49)(H,41,45)(H,47,48)/t27-,28-,30+,31+,32?,39-/m1/s1. The van der Waals surface area contributed by atoms with E-state index in [1.54, 1.807) is 25.7 Å². The maximum atomic E-state index is 14.4. The van der Waals surface area contributed by atoms with Crippen LogP contribution in [0.2, 0.25) is 0 Å². The number of likely N-dealkylation sites (tertiary alicyclic amines) is 1.